The molecule has 0 bridgehead atoms. The molecule has 0 saturated carbocycles. The van der Waals surface area contributed by atoms with Gasteiger partial charge in [-0.1, -0.05) is 11.6 Å². The number of hydrogen-bond donors (Lipinski definition) is 0. The Bertz CT molecular complexity index is 754. The van der Waals surface area contributed by atoms with Crippen molar-refractivity contribution >= 4 is 29.6 Å². The van der Waals surface area contributed by atoms with Crippen molar-refractivity contribution in [2.45, 2.75) is 46.0 Å². The number of carbonyl (C=O) groups excluding carboxylic acids is 2. The molecule has 0 spiro atoms. The van der Waals surface area contributed by atoms with Crippen molar-refractivity contribution in [3.63, 3.8) is 0 Å². The van der Waals surface area contributed by atoms with Gasteiger partial charge in [-0.05, 0) is 51.5 Å². The lowest BCUT2D eigenvalue weighted by atomic mass is 10.2. The van der Waals surface area contributed by atoms with Crippen molar-refractivity contribution in [3.05, 3.63) is 28.8 Å². The molecule has 1 fully saturated rings. The van der Waals surface area contributed by atoms with Gasteiger partial charge in [0.15, 0.2) is 18.1 Å². The summed E-state index contributed by atoms with van der Waals surface area (Å²) in [5.41, 5.74) is 0.641. The highest BCUT2D eigenvalue weighted by atomic mass is 35.5. The van der Waals surface area contributed by atoms with E-state index in [9.17, 15) is 9.59 Å². The Morgan fingerprint density at radius 2 is 1.93 bits per heavy atom. The summed E-state index contributed by atoms with van der Waals surface area (Å²) < 4.78 is 21.6. The third kappa shape index (κ3) is 6.94. The molecule has 1 amide bonds. The second-order valence-electron chi connectivity index (χ2n) is 7.20. The summed E-state index contributed by atoms with van der Waals surface area (Å²) in [6.07, 6.45) is 2.64. The number of nitrogens with zero attached hydrogens (tertiary/aromatic N) is 1. The molecule has 0 radical (unpaired) electrons. The topological polar surface area (TPSA) is 74.3 Å². The number of amides is 1. The minimum absolute atomic E-state index is 0.0410. The number of rotatable bonds is 7. The van der Waals surface area contributed by atoms with Crippen LogP contribution in [0.4, 0.5) is 0 Å². The lowest BCUT2D eigenvalue weighted by molar-refractivity contribution is -0.154. The average molecular weight is 426 g/mol. The quantitative estimate of drug-likeness (QED) is 0.492. The van der Waals surface area contributed by atoms with Crippen LogP contribution in [-0.4, -0.2) is 61.9 Å². The molecular weight excluding hydrogens is 398 g/mol. The lowest BCUT2D eigenvalue weighted by Gasteiger charge is -2.35. The van der Waals surface area contributed by atoms with Gasteiger partial charge >= 0.3 is 5.97 Å². The van der Waals surface area contributed by atoms with E-state index in [1.54, 1.807) is 23.1 Å². The fraction of sp³-hybridized carbons (Fsp3) is 0.524. The molecule has 0 unspecified atom stereocenters. The minimum Gasteiger partial charge on any atom is -0.493 e. The normalized spacial score (nSPS) is 19.5. The molecule has 0 N–H and O–H groups in total. The van der Waals surface area contributed by atoms with E-state index in [4.69, 9.17) is 30.5 Å². The maximum Gasteiger partial charge on any atom is 0.331 e. The fourth-order valence-electron chi connectivity index (χ4n) is 3.00. The lowest BCUT2D eigenvalue weighted by Crippen LogP contribution is -2.49. The van der Waals surface area contributed by atoms with E-state index in [0.717, 1.165) is 0 Å². The first-order valence-corrected chi connectivity index (χ1v) is 9.89. The number of esters is 1. The van der Waals surface area contributed by atoms with Crippen LogP contribution in [0.25, 0.3) is 6.08 Å². The summed E-state index contributed by atoms with van der Waals surface area (Å²) in [5.74, 6) is 0.0485. The summed E-state index contributed by atoms with van der Waals surface area (Å²) in [6.45, 7) is 8.24. The molecule has 1 aliphatic heterocycles. The Balaban J connectivity index is 1.95. The van der Waals surface area contributed by atoms with Crippen molar-refractivity contribution < 1.29 is 28.5 Å². The first-order valence-electron chi connectivity index (χ1n) is 9.51. The maximum atomic E-state index is 12.2. The van der Waals surface area contributed by atoms with E-state index in [0.29, 0.717) is 35.2 Å². The summed E-state index contributed by atoms with van der Waals surface area (Å²) in [6, 6.07) is 3.36. The molecule has 1 aromatic carbocycles. The van der Waals surface area contributed by atoms with Gasteiger partial charge in [0, 0.05) is 19.2 Å². The summed E-state index contributed by atoms with van der Waals surface area (Å²) in [5, 5.41) is 0.372. The molecule has 0 aliphatic carbocycles. The van der Waals surface area contributed by atoms with Crippen molar-refractivity contribution in [1.82, 2.24) is 4.90 Å². The van der Waals surface area contributed by atoms with Crippen LogP contribution in [0.3, 0.4) is 0 Å². The standard InChI is InChI=1S/C21H28ClNO6/c1-13(2)28-21-17(22)8-16(9-18(21)26-5)6-7-20(25)27-12-19(24)23-10-14(3)29-15(4)11-23/h6-9,13-15H,10-12H2,1-5H3/b7-6+/t14-,15-/m1/s1. The fourth-order valence-corrected chi connectivity index (χ4v) is 3.27. The number of methoxy groups -OCH3 is 1. The molecule has 1 aliphatic rings. The van der Waals surface area contributed by atoms with Gasteiger partial charge in [0.2, 0.25) is 0 Å². The number of halogens is 1. The maximum absolute atomic E-state index is 12.2. The summed E-state index contributed by atoms with van der Waals surface area (Å²) >= 11 is 6.27. The Morgan fingerprint density at radius 1 is 1.28 bits per heavy atom. The molecule has 1 heterocycles. The minimum atomic E-state index is -0.620. The average Bonchev–Trinajstić information content (AvgIpc) is 2.65. The van der Waals surface area contributed by atoms with Crippen LogP contribution in [0.1, 0.15) is 33.3 Å². The van der Waals surface area contributed by atoms with Gasteiger partial charge in [-0.25, -0.2) is 4.79 Å². The van der Waals surface area contributed by atoms with Gasteiger partial charge in [0.25, 0.3) is 5.91 Å². The van der Waals surface area contributed by atoms with Crippen LogP contribution in [0, 0.1) is 0 Å². The molecule has 2 rings (SSSR count). The highest BCUT2D eigenvalue weighted by molar-refractivity contribution is 6.32. The van der Waals surface area contributed by atoms with Crippen molar-refractivity contribution in [2.75, 3.05) is 26.8 Å². The number of carbonyl (C=O) groups is 2. The van der Waals surface area contributed by atoms with Gasteiger partial charge in [-0.2, -0.15) is 0 Å². The van der Waals surface area contributed by atoms with Crippen LogP contribution in [0.2, 0.25) is 5.02 Å². The van der Waals surface area contributed by atoms with Crippen LogP contribution in [-0.2, 0) is 19.1 Å². The van der Waals surface area contributed by atoms with Crippen molar-refractivity contribution in [1.29, 1.82) is 0 Å². The SMILES string of the molecule is COc1cc(/C=C/C(=O)OCC(=O)N2C[C@@H](C)O[C@H](C)C2)cc(Cl)c1OC(C)C. The van der Waals surface area contributed by atoms with Crippen LogP contribution in [0.5, 0.6) is 11.5 Å². The summed E-state index contributed by atoms with van der Waals surface area (Å²) in [7, 11) is 1.51. The first kappa shape index (κ1) is 23.0. The Labute approximate surface area is 176 Å². The third-order valence-corrected chi connectivity index (χ3v) is 4.41. The van der Waals surface area contributed by atoms with Crippen LogP contribution >= 0.6 is 11.6 Å². The number of morpholine rings is 1. The van der Waals surface area contributed by atoms with Crippen LogP contribution < -0.4 is 9.47 Å². The molecule has 1 aromatic rings. The van der Waals surface area contributed by atoms with Crippen molar-refractivity contribution in [2.24, 2.45) is 0 Å². The van der Waals surface area contributed by atoms with E-state index in [1.165, 1.54) is 13.2 Å². The number of ether oxygens (including phenoxy) is 4. The third-order valence-electron chi connectivity index (χ3n) is 4.13. The molecule has 1 saturated heterocycles. The zero-order chi connectivity index (χ0) is 21.6. The highest BCUT2D eigenvalue weighted by Gasteiger charge is 2.26. The Hall–Kier alpha value is -2.25. The predicted octanol–water partition coefficient (Wildman–Crippen LogP) is 3.33. The second-order valence-corrected chi connectivity index (χ2v) is 7.61. The van der Waals surface area contributed by atoms with Crippen molar-refractivity contribution in [3.8, 4) is 11.5 Å². The molecule has 29 heavy (non-hydrogen) atoms. The first-order chi connectivity index (χ1) is 13.7. The van der Waals surface area contributed by atoms with E-state index in [-0.39, 0.29) is 30.8 Å². The molecule has 0 aromatic heterocycles. The predicted molar refractivity (Wildman–Crippen MR) is 110 cm³/mol. The zero-order valence-corrected chi connectivity index (χ0v) is 18.2. The van der Waals surface area contributed by atoms with E-state index in [2.05, 4.69) is 0 Å². The highest BCUT2D eigenvalue weighted by Crippen LogP contribution is 2.37. The smallest absolute Gasteiger partial charge is 0.331 e. The largest absolute Gasteiger partial charge is 0.493 e. The van der Waals surface area contributed by atoms with Gasteiger partial charge in [0.05, 0.1) is 30.4 Å². The van der Waals surface area contributed by atoms with Crippen LogP contribution in [0.15, 0.2) is 18.2 Å². The number of hydrogen-bond acceptors (Lipinski definition) is 6. The second kappa shape index (κ2) is 10.5. The van der Waals surface area contributed by atoms with Gasteiger partial charge in [-0.15, -0.1) is 0 Å². The van der Waals surface area contributed by atoms with E-state index >= 15 is 0 Å². The molecular formula is C21H28ClNO6. The monoisotopic (exact) mass is 425 g/mol. The molecule has 2 atom stereocenters. The number of benzene rings is 1. The Kier molecular flexibility index (Phi) is 8.34. The van der Waals surface area contributed by atoms with E-state index in [1.807, 2.05) is 27.7 Å². The molecule has 8 heteroatoms. The van der Waals surface area contributed by atoms with Gasteiger partial charge < -0.3 is 23.8 Å². The van der Waals surface area contributed by atoms with Gasteiger partial charge in [-0.3, -0.25) is 4.79 Å². The van der Waals surface area contributed by atoms with Gasteiger partial charge in [0.1, 0.15) is 0 Å². The molecule has 160 valence electrons. The Morgan fingerprint density at radius 3 is 2.52 bits per heavy atom. The van der Waals surface area contributed by atoms with E-state index < -0.39 is 5.97 Å². The summed E-state index contributed by atoms with van der Waals surface area (Å²) in [4.78, 5) is 25.9. The zero-order valence-electron chi connectivity index (χ0n) is 17.4. The molecule has 7 nitrogen and oxygen atoms in total.